The van der Waals surface area contributed by atoms with Gasteiger partial charge in [0.15, 0.2) is 10.0 Å². The molecule has 0 amide bonds. The predicted octanol–water partition coefficient (Wildman–Crippen LogP) is 5.71. The fourth-order valence-electron chi connectivity index (χ4n) is 5.67. The lowest BCUT2D eigenvalue weighted by molar-refractivity contribution is -0.450. The smallest absolute Gasteiger partial charge is 0.424 e. The van der Waals surface area contributed by atoms with Crippen molar-refractivity contribution in [2.45, 2.75) is 45.0 Å². The molecule has 0 radical (unpaired) electrons. The van der Waals surface area contributed by atoms with Crippen molar-refractivity contribution in [2.24, 2.45) is 0 Å². The van der Waals surface area contributed by atoms with E-state index in [4.69, 9.17) is 0 Å². The van der Waals surface area contributed by atoms with E-state index in [1.54, 1.807) is 11.0 Å². The highest BCUT2D eigenvalue weighted by Crippen LogP contribution is 2.43. The second-order valence-corrected chi connectivity index (χ2v) is 14.1. The molecule has 0 saturated heterocycles. The average molecular weight is 689 g/mol. The molecule has 0 atom stereocenters. The maximum atomic E-state index is 13.8. The molecule has 1 aliphatic carbocycles. The Hall–Kier alpha value is -3.94. The molecule has 47 heavy (non-hydrogen) atoms. The second-order valence-electron chi connectivity index (χ2n) is 10.7. The SMILES string of the molecule is CC[NH+]=C1C=C/C(=C(/c2ccc(N(CC)CC)cc2)c2ccc(N(CC)CC)cc2S(=O)(=O)[N-]S(=O)(=O)C(F)(F)F)c2ccccc21. The first-order chi connectivity index (χ1) is 22.2. The number of nitrogens with zero attached hydrogens (tertiary/aromatic N) is 3. The Kier molecular flexibility index (Phi) is 11.0. The molecule has 3 aromatic carbocycles. The molecule has 252 valence electrons. The highest BCUT2D eigenvalue weighted by atomic mass is 32.3. The monoisotopic (exact) mass is 688 g/mol. The van der Waals surface area contributed by atoms with Crippen molar-refractivity contribution >= 4 is 48.3 Å². The highest BCUT2D eigenvalue weighted by Gasteiger charge is 2.41. The van der Waals surface area contributed by atoms with E-state index in [0.29, 0.717) is 42.0 Å². The van der Waals surface area contributed by atoms with E-state index in [-0.39, 0.29) is 5.56 Å². The predicted molar refractivity (Wildman–Crippen MR) is 183 cm³/mol. The minimum atomic E-state index is -6.39. The lowest BCUT2D eigenvalue weighted by atomic mass is 9.83. The summed E-state index contributed by atoms with van der Waals surface area (Å²) in [6.07, 6.45) is 3.69. The van der Waals surface area contributed by atoms with Crippen LogP contribution >= 0.6 is 0 Å². The van der Waals surface area contributed by atoms with Gasteiger partial charge in [-0.25, -0.2) is 21.8 Å². The van der Waals surface area contributed by atoms with Crippen molar-refractivity contribution in [3.63, 3.8) is 0 Å². The summed E-state index contributed by atoms with van der Waals surface area (Å²) in [6.45, 7) is 12.8. The highest BCUT2D eigenvalue weighted by molar-refractivity contribution is 8.12. The van der Waals surface area contributed by atoms with Crippen LogP contribution in [0.1, 0.15) is 56.9 Å². The number of hydrogen-bond acceptors (Lipinski definition) is 6. The van der Waals surface area contributed by atoms with Gasteiger partial charge in [-0.15, -0.1) is 0 Å². The Morgan fingerprint density at radius 2 is 1.30 bits per heavy atom. The maximum Gasteiger partial charge on any atom is 0.480 e. The van der Waals surface area contributed by atoms with Gasteiger partial charge in [-0.1, -0.05) is 36.4 Å². The molecule has 0 bridgehead atoms. The molecule has 0 spiro atoms. The molecule has 0 saturated carbocycles. The van der Waals surface area contributed by atoms with Crippen LogP contribution in [-0.4, -0.2) is 60.8 Å². The molecule has 1 aliphatic rings. The van der Waals surface area contributed by atoms with Gasteiger partial charge >= 0.3 is 5.51 Å². The van der Waals surface area contributed by atoms with Crippen LogP contribution in [0, 0.1) is 0 Å². The van der Waals surface area contributed by atoms with E-state index in [1.807, 2.05) is 95.3 Å². The first kappa shape index (κ1) is 35.9. The summed E-state index contributed by atoms with van der Waals surface area (Å²) in [6, 6.07) is 19.4. The van der Waals surface area contributed by atoms with Crippen molar-refractivity contribution < 1.29 is 35.0 Å². The van der Waals surface area contributed by atoms with Gasteiger partial charge in [-0.2, -0.15) is 13.2 Å². The van der Waals surface area contributed by atoms with E-state index in [9.17, 15) is 30.0 Å². The van der Waals surface area contributed by atoms with Gasteiger partial charge < -0.3 is 13.9 Å². The molecule has 8 nitrogen and oxygen atoms in total. The number of allylic oxidation sites excluding steroid dienone is 3. The minimum Gasteiger partial charge on any atom is -0.424 e. The molecule has 0 unspecified atom stereocenters. The number of halogens is 3. The van der Waals surface area contributed by atoms with Gasteiger partial charge in [0.2, 0.25) is 5.71 Å². The molecule has 0 aliphatic heterocycles. The standard InChI is InChI=1S/C34H38F3N4O4S2/c1-6-38-31-22-21-29(27-13-11-12-14-28(27)31)33(24-15-17-25(18-16-24)40(7-2)8-3)30-20-19-26(41(9-4)10-5)23-32(30)46(42,43)39-47(44,45)34(35,36)37/h11-23H,6-10H2,1-5H3/q-1/p+1/b33-29+,38-31?. The van der Waals surface area contributed by atoms with Crippen molar-refractivity contribution in [3.05, 3.63) is 105 Å². The fraction of sp³-hybridized carbons (Fsp3) is 0.324. The lowest BCUT2D eigenvalue weighted by Crippen LogP contribution is -2.72. The summed E-state index contributed by atoms with van der Waals surface area (Å²) in [5, 5.41) is 0. The van der Waals surface area contributed by atoms with E-state index in [2.05, 4.69) is 14.0 Å². The van der Waals surface area contributed by atoms with Crippen molar-refractivity contribution in [3.8, 4) is 0 Å². The maximum absolute atomic E-state index is 13.8. The fourth-order valence-corrected chi connectivity index (χ4v) is 8.08. The Balaban J connectivity index is 2.13. The number of fused-ring (bicyclic) bond motifs is 1. The summed E-state index contributed by atoms with van der Waals surface area (Å²) in [4.78, 5) is 6.62. The van der Waals surface area contributed by atoms with Crippen molar-refractivity contribution in [2.75, 3.05) is 42.5 Å². The first-order valence-electron chi connectivity index (χ1n) is 15.4. The number of nitrogens with one attached hydrogen (secondary N) is 1. The third kappa shape index (κ3) is 7.47. The second kappa shape index (κ2) is 14.4. The molecule has 4 rings (SSSR count). The van der Waals surface area contributed by atoms with Crippen LogP contribution in [0.25, 0.3) is 15.3 Å². The normalized spacial score (nSPS) is 15.4. The summed E-state index contributed by atoms with van der Waals surface area (Å²) in [5.41, 5.74) is -0.555. The van der Waals surface area contributed by atoms with Crippen LogP contribution in [0.5, 0.6) is 0 Å². The van der Waals surface area contributed by atoms with E-state index < -0.39 is 30.5 Å². The zero-order valence-corrected chi connectivity index (χ0v) is 28.6. The van der Waals surface area contributed by atoms with Crippen molar-refractivity contribution in [1.29, 1.82) is 0 Å². The minimum absolute atomic E-state index is 0.0129. The number of rotatable bonds is 12. The Labute approximate surface area is 275 Å². The molecular formula is C34H39F3N4O4S2. The first-order valence-corrected chi connectivity index (χ1v) is 18.3. The molecule has 1 N–H and O–H groups in total. The van der Waals surface area contributed by atoms with Crippen LogP contribution in [0.4, 0.5) is 24.5 Å². The quantitative estimate of drug-likeness (QED) is 0.262. The Morgan fingerprint density at radius 1 is 0.745 bits per heavy atom. The number of alkyl halides is 3. The van der Waals surface area contributed by atoms with Crippen molar-refractivity contribution in [1.82, 2.24) is 0 Å². The average Bonchev–Trinajstić information content (AvgIpc) is 3.03. The Bertz CT molecular complexity index is 1910. The molecule has 3 aromatic rings. The van der Waals surface area contributed by atoms with Gasteiger partial charge in [0.1, 0.15) is 16.6 Å². The molecular weight excluding hydrogens is 650 g/mol. The van der Waals surface area contributed by atoms with Gasteiger partial charge in [-0.05, 0) is 93.3 Å². The van der Waals surface area contributed by atoms with Crippen LogP contribution in [0.15, 0.2) is 83.8 Å². The van der Waals surface area contributed by atoms with E-state index in [1.165, 1.54) is 12.1 Å². The summed E-state index contributed by atoms with van der Waals surface area (Å²) in [5.74, 6) is 0. The Morgan fingerprint density at radius 3 is 1.85 bits per heavy atom. The van der Waals surface area contributed by atoms with E-state index >= 15 is 0 Å². The van der Waals surface area contributed by atoms with Crippen LogP contribution < -0.4 is 14.8 Å². The van der Waals surface area contributed by atoms with Crippen LogP contribution in [-0.2, 0) is 20.0 Å². The third-order valence-electron chi connectivity index (χ3n) is 7.97. The van der Waals surface area contributed by atoms with Crippen LogP contribution in [0.2, 0.25) is 0 Å². The van der Waals surface area contributed by atoms with Crippen LogP contribution in [0.3, 0.4) is 0 Å². The van der Waals surface area contributed by atoms with Gasteiger partial charge in [0.05, 0.1) is 10.5 Å². The largest absolute Gasteiger partial charge is 0.480 e. The summed E-state index contributed by atoms with van der Waals surface area (Å²) < 4.78 is 94.6. The third-order valence-corrected chi connectivity index (χ3v) is 11.0. The van der Waals surface area contributed by atoms with E-state index in [0.717, 1.165) is 35.6 Å². The molecule has 13 heteroatoms. The number of anilines is 2. The zero-order chi connectivity index (χ0) is 34.6. The molecule has 0 aromatic heterocycles. The molecule has 0 heterocycles. The number of hydrogen-bond donors (Lipinski definition) is 1. The van der Waals surface area contributed by atoms with Gasteiger partial charge in [0.25, 0.3) is 0 Å². The topological polar surface area (TPSA) is 103 Å². The number of sulfonamides is 2. The lowest BCUT2D eigenvalue weighted by Gasteiger charge is -2.28. The molecule has 0 fully saturated rings. The summed E-state index contributed by atoms with van der Waals surface area (Å²) >= 11 is 0. The summed E-state index contributed by atoms with van der Waals surface area (Å²) in [7, 11) is -11.8. The zero-order valence-electron chi connectivity index (χ0n) is 27.0. The van der Waals surface area contributed by atoms with Gasteiger partial charge in [0, 0.05) is 49.2 Å². The van der Waals surface area contributed by atoms with Gasteiger partial charge in [-0.3, -0.25) is 0 Å². The number of benzene rings is 3.